The molecule has 2 fully saturated rings. The van der Waals surface area contributed by atoms with Gasteiger partial charge in [0.25, 0.3) is 0 Å². The molecule has 16 heavy (non-hydrogen) atoms. The van der Waals surface area contributed by atoms with Crippen molar-refractivity contribution in [3.63, 3.8) is 0 Å². The molecular formula is C14H28N2. The summed E-state index contributed by atoms with van der Waals surface area (Å²) < 4.78 is 0. The first-order valence-electron chi connectivity index (χ1n) is 7.05. The van der Waals surface area contributed by atoms with Crippen LogP contribution >= 0.6 is 0 Å². The fraction of sp³-hybridized carbons (Fsp3) is 1.00. The van der Waals surface area contributed by atoms with Crippen molar-refractivity contribution in [1.29, 1.82) is 0 Å². The fourth-order valence-corrected chi connectivity index (χ4v) is 3.55. The lowest BCUT2D eigenvalue weighted by Gasteiger charge is -2.36. The highest BCUT2D eigenvalue weighted by atomic mass is 15.2. The van der Waals surface area contributed by atoms with E-state index in [4.69, 9.17) is 5.73 Å². The second-order valence-corrected chi connectivity index (χ2v) is 6.62. The monoisotopic (exact) mass is 224 g/mol. The van der Waals surface area contributed by atoms with Gasteiger partial charge in [0, 0.05) is 6.04 Å². The van der Waals surface area contributed by atoms with E-state index in [2.05, 4.69) is 18.7 Å². The van der Waals surface area contributed by atoms with Gasteiger partial charge >= 0.3 is 0 Å². The first kappa shape index (κ1) is 12.4. The highest BCUT2D eigenvalue weighted by Crippen LogP contribution is 2.40. The zero-order valence-corrected chi connectivity index (χ0v) is 11.0. The molecule has 1 atom stereocenters. The van der Waals surface area contributed by atoms with Crippen LogP contribution in [0, 0.1) is 11.3 Å². The summed E-state index contributed by atoms with van der Waals surface area (Å²) in [4.78, 5) is 2.75. The summed E-state index contributed by atoms with van der Waals surface area (Å²) in [5.41, 5.74) is 6.23. The second kappa shape index (κ2) is 5.05. The highest BCUT2D eigenvalue weighted by Gasteiger charge is 2.35. The Labute approximate surface area is 101 Å². The number of hydrogen-bond acceptors (Lipinski definition) is 2. The molecule has 2 rings (SSSR count). The van der Waals surface area contributed by atoms with Gasteiger partial charge in [-0.25, -0.2) is 0 Å². The summed E-state index contributed by atoms with van der Waals surface area (Å²) >= 11 is 0. The summed E-state index contributed by atoms with van der Waals surface area (Å²) in [7, 11) is 0. The molecule has 1 aliphatic heterocycles. The van der Waals surface area contributed by atoms with Crippen molar-refractivity contribution >= 4 is 0 Å². The van der Waals surface area contributed by atoms with Crippen LogP contribution in [0.1, 0.15) is 52.4 Å². The largest absolute Gasteiger partial charge is 0.330 e. The molecule has 2 N–H and O–H groups in total. The number of hydrogen-bond donors (Lipinski definition) is 1. The molecule has 0 aromatic carbocycles. The minimum Gasteiger partial charge on any atom is -0.330 e. The molecule has 1 aliphatic carbocycles. The third kappa shape index (κ3) is 2.98. The molecule has 0 aromatic rings. The molecule has 94 valence electrons. The topological polar surface area (TPSA) is 29.3 Å². The lowest BCUT2D eigenvalue weighted by atomic mass is 9.90. The Bertz CT molecular complexity index is 217. The van der Waals surface area contributed by atoms with Gasteiger partial charge < -0.3 is 10.6 Å². The highest BCUT2D eigenvalue weighted by molar-refractivity contribution is 4.89. The molecule has 1 saturated heterocycles. The number of nitrogens with zero attached hydrogens (tertiary/aromatic N) is 1. The van der Waals surface area contributed by atoms with Gasteiger partial charge in [0.2, 0.25) is 0 Å². The van der Waals surface area contributed by atoms with Gasteiger partial charge in [-0.05, 0) is 69.5 Å². The number of nitrogens with two attached hydrogens (primary N) is 1. The summed E-state index contributed by atoms with van der Waals surface area (Å²) in [6.45, 7) is 8.38. The maximum absolute atomic E-state index is 5.64. The van der Waals surface area contributed by atoms with E-state index in [1.165, 1.54) is 51.6 Å². The fourth-order valence-electron chi connectivity index (χ4n) is 3.55. The molecule has 0 radical (unpaired) electrons. The van der Waals surface area contributed by atoms with Gasteiger partial charge in [-0.15, -0.1) is 0 Å². The minimum absolute atomic E-state index is 0.596. The molecular weight excluding hydrogens is 196 g/mol. The van der Waals surface area contributed by atoms with Gasteiger partial charge in [-0.3, -0.25) is 0 Å². The minimum atomic E-state index is 0.596. The van der Waals surface area contributed by atoms with Crippen molar-refractivity contribution in [3.8, 4) is 0 Å². The van der Waals surface area contributed by atoms with Gasteiger partial charge in [0.15, 0.2) is 0 Å². The third-order valence-corrected chi connectivity index (χ3v) is 4.68. The number of piperidine rings is 1. The molecule has 2 heteroatoms. The molecule has 1 unspecified atom stereocenters. The van der Waals surface area contributed by atoms with E-state index in [1.54, 1.807) is 0 Å². The van der Waals surface area contributed by atoms with Crippen LogP contribution in [0.2, 0.25) is 0 Å². The Morgan fingerprint density at radius 1 is 1.19 bits per heavy atom. The van der Waals surface area contributed by atoms with Crippen LogP contribution in [0.25, 0.3) is 0 Å². The summed E-state index contributed by atoms with van der Waals surface area (Å²) in [5.74, 6) is 0.913. The zero-order chi connectivity index (χ0) is 11.6. The normalized spacial score (nSPS) is 32.1. The van der Waals surface area contributed by atoms with Crippen molar-refractivity contribution in [2.24, 2.45) is 17.1 Å². The predicted octanol–water partition coefficient (Wildman–Crippen LogP) is 2.63. The lowest BCUT2D eigenvalue weighted by Crippen LogP contribution is -2.40. The van der Waals surface area contributed by atoms with Gasteiger partial charge in [-0.1, -0.05) is 13.8 Å². The number of rotatable bonds is 3. The Morgan fingerprint density at radius 2 is 1.88 bits per heavy atom. The van der Waals surface area contributed by atoms with Crippen molar-refractivity contribution in [3.05, 3.63) is 0 Å². The van der Waals surface area contributed by atoms with E-state index in [0.717, 1.165) is 18.5 Å². The Balaban J connectivity index is 1.77. The smallest absolute Gasteiger partial charge is 0.0100 e. The van der Waals surface area contributed by atoms with Crippen LogP contribution in [0.5, 0.6) is 0 Å². The average Bonchev–Trinajstić information content (AvgIpc) is 2.61. The predicted molar refractivity (Wildman–Crippen MR) is 69.4 cm³/mol. The molecule has 1 saturated carbocycles. The summed E-state index contributed by atoms with van der Waals surface area (Å²) in [5, 5.41) is 0. The van der Waals surface area contributed by atoms with Crippen molar-refractivity contribution < 1.29 is 0 Å². The maximum atomic E-state index is 5.64. The molecule has 0 aromatic heterocycles. The van der Waals surface area contributed by atoms with E-state index in [-0.39, 0.29) is 0 Å². The average molecular weight is 224 g/mol. The van der Waals surface area contributed by atoms with Crippen molar-refractivity contribution in [2.45, 2.75) is 58.4 Å². The van der Waals surface area contributed by atoms with E-state index >= 15 is 0 Å². The van der Waals surface area contributed by atoms with Crippen LogP contribution in [-0.4, -0.2) is 30.6 Å². The number of likely N-dealkylation sites (tertiary alicyclic amines) is 1. The van der Waals surface area contributed by atoms with Crippen LogP contribution in [-0.2, 0) is 0 Å². The van der Waals surface area contributed by atoms with Crippen LogP contribution in [0.15, 0.2) is 0 Å². The van der Waals surface area contributed by atoms with Crippen LogP contribution < -0.4 is 5.73 Å². The lowest BCUT2D eigenvalue weighted by molar-refractivity contribution is 0.125. The standard InChI is InChI=1S/C14H28N2/c1-14(2)7-3-13(11-14)16-9-5-12(4-8-15)6-10-16/h12-13H,3-11,15H2,1-2H3. The van der Waals surface area contributed by atoms with E-state index < -0.39 is 0 Å². The molecule has 0 bridgehead atoms. The Morgan fingerprint density at radius 3 is 2.38 bits per heavy atom. The third-order valence-electron chi connectivity index (χ3n) is 4.68. The SMILES string of the molecule is CC1(C)CCC(N2CCC(CCN)CC2)C1. The van der Waals surface area contributed by atoms with E-state index in [9.17, 15) is 0 Å². The van der Waals surface area contributed by atoms with Crippen molar-refractivity contribution in [2.75, 3.05) is 19.6 Å². The van der Waals surface area contributed by atoms with Crippen molar-refractivity contribution in [1.82, 2.24) is 4.90 Å². The Kier molecular flexibility index (Phi) is 3.91. The zero-order valence-electron chi connectivity index (χ0n) is 11.0. The van der Waals surface area contributed by atoms with Gasteiger partial charge in [0.1, 0.15) is 0 Å². The van der Waals surface area contributed by atoms with E-state index in [1.807, 2.05) is 0 Å². The van der Waals surface area contributed by atoms with Crippen LogP contribution in [0.3, 0.4) is 0 Å². The summed E-state index contributed by atoms with van der Waals surface area (Å²) in [6.07, 6.45) is 8.26. The summed E-state index contributed by atoms with van der Waals surface area (Å²) in [6, 6.07) is 0.883. The first-order valence-corrected chi connectivity index (χ1v) is 7.05. The molecule has 2 nitrogen and oxygen atoms in total. The first-order chi connectivity index (χ1) is 7.61. The Hall–Kier alpha value is -0.0800. The molecule has 2 aliphatic rings. The maximum Gasteiger partial charge on any atom is 0.0100 e. The quantitative estimate of drug-likeness (QED) is 0.798. The van der Waals surface area contributed by atoms with Gasteiger partial charge in [0.05, 0.1) is 0 Å². The van der Waals surface area contributed by atoms with Crippen LogP contribution in [0.4, 0.5) is 0 Å². The van der Waals surface area contributed by atoms with Gasteiger partial charge in [-0.2, -0.15) is 0 Å². The molecule has 0 spiro atoms. The molecule has 1 heterocycles. The van der Waals surface area contributed by atoms with E-state index in [0.29, 0.717) is 5.41 Å². The molecule has 0 amide bonds. The second-order valence-electron chi connectivity index (χ2n) is 6.62.